The zero-order chi connectivity index (χ0) is 13.6. The molecule has 3 atom stereocenters. The number of hydrogen-bond acceptors (Lipinski definition) is 7. The van der Waals surface area contributed by atoms with Crippen LogP contribution in [0.5, 0.6) is 0 Å². The Morgan fingerprint density at radius 1 is 1.63 bits per heavy atom. The summed E-state index contributed by atoms with van der Waals surface area (Å²) in [5, 5.41) is 18.9. The molecule has 0 amide bonds. The van der Waals surface area contributed by atoms with Gasteiger partial charge in [0.1, 0.15) is 18.0 Å². The van der Waals surface area contributed by atoms with E-state index in [0.29, 0.717) is 24.6 Å². The number of nitrogens with zero attached hydrogens (tertiary/aromatic N) is 3. The summed E-state index contributed by atoms with van der Waals surface area (Å²) in [5.41, 5.74) is 0.292. The predicted octanol–water partition coefficient (Wildman–Crippen LogP) is -1.55. The van der Waals surface area contributed by atoms with Crippen LogP contribution >= 0.6 is 0 Å². The summed E-state index contributed by atoms with van der Waals surface area (Å²) >= 11 is 0. The van der Waals surface area contributed by atoms with E-state index in [9.17, 15) is 9.90 Å². The average molecular weight is 268 g/mol. The Morgan fingerprint density at radius 2 is 2.42 bits per heavy atom. The molecule has 0 unspecified atom stereocenters. The first-order valence-corrected chi connectivity index (χ1v) is 6.11. The van der Waals surface area contributed by atoms with Gasteiger partial charge in [-0.3, -0.25) is 4.79 Å². The van der Waals surface area contributed by atoms with Gasteiger partial charge in [0.25, 0.3) is 5.56 Å². The lowest BCUT2D eigenvalue weighted by Gasteiger charge is -2.25. The van der Waals surface area contributed by atoms with E-state index in [0.717, 1.165) is 0 Å². The normalized spacial score (nSPS) is 29.9. The van der Waals surface area contributed by atoms with Crippen LogP contribution in [0.4, 0.5) is 11.5 Å². The van der Waals surface area contributed by atoms with E-state index in [1.54, 1.807) is 11.9 Å². The topological polar surface area (TPSA) is 102 Å². The van der Waals surface area contributed by atoms with E-state index < -0.39 is 12.2 Å². The minimum atomic E-state index is -0.702. The molecule has 104 valence electrons. The van der Waals surface area contributed by atoms with Gasteiger partial charge in [0.15, 0.2) is 5.82 Å². The monoisotopic (exact) mass is 268 g/mol. The fraction of sp³-hybridized carbons (Fsp3) is 0.636. The standard InChI is InChI=1S/C11H16N4O4/c1-14-5-15(8-2-6(17)7(3-16)19-8)10-9(14)11(18)13-4-12-10/h4,6-8,16-17H,2-3,5H2,1H3,(H,12,13,18)/t6-,7+,8+/m0/s1. The van der Waals surface area contributed by atoms with Gasteiger partial charge in [0.2, 0.25) is 0 Å². The van der Waals surface area contributed by atoms with Gasteiger partial charge in [0.05, 0.1) is 25.7 Å². The van der Waals surface area contributed by atoms with Gasteiger partial charge in [-0.05, 0) is 0 Å². The van der Waals surface area contributed by atoms with Crippen LogP contribution in [0.1, 0.15) is 6.42 Å². The molecule has 2 aliphatic rings. The van der Waals surface area contributed by atoms with Crippen LogP contribution in [0.25, 0.3) is 0 Å². The number of aliphatic hydroxyl groups excluding tert-OH is 2. The predicted molar refractivity (Wildman–Crippen MR) is 67.0 cm³/mol. The third-order valence-corrected chi connectivity index (χ3v) is 3.56. The molecule has 3 heterocycles. The van der Waals surface area contributed by atoms with Crippen LogP contribution in [0.15, 0.2) is 11.1 Å². The summed E-state index contributed by atoms with van der Waals surface area (Å²) in [6.07, 6.45) is 0.0627. The van der Waals surface area contributed by atoms with E-state index in [4.69, 9.17) is 9.84 Å². The number of hydrogen-bond donors (Lipinski definition) is 3. The van der Waals surface area contributed by atoms with Gasteiger partial charge in [-0.15, -0.1) is 0 Å². The first-order valence-electron chi connectivity index (χ1n) is 6.11. The third-order valence-electron chi connectivity index (χ3n) is 3.56. The maximum atomic E-state index is 11.8. The number of ether oxygens (including phenoxy) is 1. The zero-order valence-electron chi connectivity index (χ0n) is 10.5. The molecule has 0 spiro atoms. The number of rotatable bonds is 2. The van der Waals surface area contributed by atoms with Crippen molar-refractivity contribution < 1.29 is 14.9 Å². The maximum Gasteiger partial charge on any atom is 0.276 e. The van der Waals surface area contributed by atoms with E-state index in [-0.39, 0.29) is 18.4 Å². The molecule has 0 saturated carbocycles. The lowest BCUT2D eigenvalue weighted by Crippen LogP contribution is -2.38. The summed E-state index contributed by atoms with van der Waals surface area (Å²) in [7, 11) is 1.80. The second-order valence-corrected chi connectivity index (χ2v) is 4.83. The van der Waals surface area contributed by atoms with Gasteiger partial charge in [-0.2, -0.15) is 0 Å². The SMILES string of the molecule is CN1CN([C@H]2C[C@H](O)[C@@H](CO)O2)c2nc[nH]c(=O)c21. The molecule has 0 aliphatic carbocycles. The number of fused-ring (bicyclic) bond motifs is 1. The molecule has 3 rings (SSSR count). The molecule has 1 fully saturated rings. The van der Waals surface area contributed by atoms with Crippen molar-refractivity contribution in [2.45, 2.75) is 24.9 Å². The number of anilines is 2. The fourth-order valence-corrected chi connectivity index (χ4v) is 2.60. The largest absolute Gasteiger partial charge is 0.394 e. The summed E-state index contributed by atoms with van der Waals surface area (Å²) in [5.74, 6) is 0.544. The Hall–Kier alpha value is -1.64. The second-order valence-electron chi connectivity index (χ2n) is 4.83. The van der Waals surface area contributed by atoms with Crippen LogP contribution in [-0.4, -0.2) is 58.9 Å². The lowest BCUT2D eigenvalue weighted by atomic mass is 10.2. The van der Waals surface area contributed by atoms with Crippen molar-refractivity contribution in [1.29, 1.82) is 0 Å². The highest BCUT2D eigenvalue weighted by molar-refractivity contribution is 5.71. The van der Waals surface area contributed by atoms with Crippen LogP contribution in [0.3, 0.4) is 0 Å². The van der Waals surface area contributed by atoms with Crippen LogP contribution in [0.2, 0.25) is 0 Å². The minimum absolute atomic E-state index is 0.202. The molecule has 0 bridgehead atoms. The van der Waals surface area contributed by atoms with E-state index >= 15 is 0 Å². The Kier molecular flexibility index (Phi) is 2.92. The van der Waals surface area contributed by atoms with E-state index in [2.05, 4.69) is 9.97 Å². The van der Waals surface area contributed by atoms with Crippen molar-refractivity contribution in [3.8, 4) is 0 Å². The Balaban J connectivity index is 1.90. The number of H-pyrrole nitrogens is 1. The highest BCUT2D eigenvalue weighted by Gasteiger charge is 2.41. The minimum Gasteiger partial charge on any atom is -0.394 e. The van der Waals surface area contributed by atoms with Crippen molar-refractivity contribution in [2.75, 3.05) is 30.1 Å². The molecule has 0 radical (unpaired) electrons. The Labute approximate surface area is 109 Å². The second kappa shape index (κ2) is 4.48. The smallest absolute Gasteiger partial charge is 0.276 e. The molecule has 1 aromatic heterocycles. The molecule has 2 aliphatic heterocycles. The molecule has 1 aromatic rings. The highest BCUT2D eigenvalue weighted by atomic mass is 16.5. The van der Waals surface area contributed by atoms with Gasteiger partial charge in [-0.25, -0.2) is 4.98 Å². The van der Waals surface area contributed by atoms with Crippen molar-refractivity contribution in [3.63, 3.8) is 0 Å². The Bertz CT molecular complexity index is 534. The molecule has 1 saturated heterocycles. The average Bonchev–Trinajstić information content (AvgIpc) is 2.91. The van der Waals surface area contributed by atoms with E-state index in [1.165, 1.54) is 6.33 Å². The fourth-order valence-electron chi connectivity index (χ4n) is 2.60. The molecule has 8 heteroatoms. The number of aliphatic hydroxyl groups is 2. The van der Waals surface area contributed by atoms with Crippen LogP contribution in [-0.2, 0) is 4.74 Å². The zero-order valence-corrected chi connectivity index (χ0v) is 10.5. The summed E-state index contributed by atoms with van der Waals surface area (Å²) in [6, 6.07) is 0. The summed E-state index contributed by atoms with van der Waals surface area (Å²) in [4.78, 5) is 22.1. The Morgan fingerprint density at radius 3 is 3.11 bits per heavy atom. The maximum absolute atomic E-state index is 11.8. The number of nitrogens with one attached hydrogen (secondary N) is 1. The first-order chi connectivity index (χ1) is 9.11. The summed E-state index contributed by atoms with van der Waals surface area (Å²) < 4.78 is 5.60. The third kappa shape index (κ3) is 1.88. The summed E-state index contributed by atoms with van der Waals surface area (Å²) in [6.45, 7) is 0.238. The van der Waals surface area contributed by atoms with E-state index in [1.807, 2.05) is 4.90 Å². The van der Waals surface area contributed by atoms with Crippen molar-refractivity contribution >= 4 is 11.5 Å². The molecular weight excluding hydrogens is 252 g/mol. The van der Waals surface area contributed by atoms with Crippen LogP contribution < -0.4 is 15.4 Å². The molecule has 19 heavy (non-hydrogen) atoms. The molecular formula is C11H16N4O4. The molecule has 3 N–H and O–H groups in total. The van der Waals surface area contributed by atoms with Crippen molar-refractivity contribution in [2.24, 2.45) is 0 Å². The molecule has 8 nitrogen and oxygen atoms in total. The van der Waals surface area contributed by atoms with Crippen LogP contribution in [0, 0.1) is 0 Å². The first kappa shape index (κ1) is 12.4. The van der Waals surface area contributed by atoms with Gasteiger partial charge in [0, 0.05) is 13.5 Å². The van der Waals surface area contributed by atoms with Gasteiger partial charge >= 0.3 is 0 Å². The van der Waals surface area contributed by atoms with Crippen molar-refractivity contribution in [1.82, 2.24) is 9.97 Å². The van der Waals surface area contributed by atoms with Crippen molar-refractivity contribution in [3.05, 3.63) is 16.7 Å². The highest BCUT2D eigenvalue weighted by Crippen LogP contribution is 2.34. The van der Waals surface area contributed by atoms with Gasteiger partial charge < -0.3 is 29.7 Å². The number of aromatic nitrogens is 2. The van der Waals surface area contributed by atoms with Gasteiger partial charge in [-0.1, -0.05) is 0 Å². The molecule has 0 aromatic carbocycles. The number of aromatic amines is 1. The lowest BCUT2D eigenvalue weighted by molar-refractivity contribution is -0.0220. The quantitative estimate of drug-likeness (QED) is 0.597.